The molecule has 0 fully saturated rings. The van der Waals surface area contributed by atoms with Gasteiger partial charge in [-0.3, -0.25) is 0 Å². The van der Waals surface area contributed by atoms with Crippen molar-refractivity contribution in [2.24, 2.45) is 0 Å². The zero-order chi connectivity index (χ0) is 10.5. The molecule has 0 aliphatic carbocycles. The molecular weight excluding hydrogens is 223 g/mol. The van der Waals surface area contributed by atoms with Gasteiger partial charge in [-0.1, -0.05) is 54.6 Å². The van der Waals surface area contributed by atoms with Gasteiger partial charge in [0, 0.05) is 0 Å². The van der Waals surface area contributed by atoms with Crippen molar-refractivity contribution in [2.45, 2.75) is 0 Å². The molecular formula is C14H13KO. The zero-order valence-corrected chi connectivity index (χ0v) is 12.4. The number of phenolic OH excluding ortho intramolecular Hbond substituents is 1. The summed E-state index contributed by atoms with van der Waals surface area (Å²) in [6.45, 7) is 0. The van der Waals surface area contributed by atoms with Crippen molar-refractivity contribution >= 4 is 12.2 Å². The summed E-state index contributed by atoms with van der Waals surface area (Å²) in [6.07, 6.45) is 4.00. The van der Waals surface area contributed by atoms with Crippen LogP contribution < -0.4 is 51.4 Å². The Balaban J connectivity index is 0.00000128. The molecule has 1 N–H and O–H groups in total. The van der Waals surface area contributed by atoms with Gasteiger partial charge in [-0.25, -0.2) is 0 Å². The largest absolute Gasteiger partial charge is 1.00 e. The molecule has 0 saturated carbocycles. The van der Waals surface area contributed by atoms with Crippen LogP contribution in [0.25, 0.3) is 12.2 Å². The molecule has 0 aromatic heterocycles. The summed E-state index contributed by atoms with van der Waals surface area (Å²) >= 11 is 0. The Morgan fingerprint density at radius 1 is 0.812 bits per heavy atom. The van der Waals surface area contributed by atoms with Crippen molar-refractivity contribution in [1.82, 2.24) is 0 Å². The van der Waals surface area contributed by atoms with Gasteiger partial charge >= 0.3 is 51.4 Å². The SMILES string of the molecule is Oc1cccc(C=Cc2ccccc2)c1.[H-].[K+]. The van der Waals surface area contributed by atoms with Crippen LogP contribution >= 0.6 is 0 Å². The monoisotopic (exact) mass is 236 g/mol. The van der Waals surface area contributed by atoms with Crippen molar-refractivity contribution in [3.63, 3.8) is 0 Å². The van der Waals surface area contributed by atoms with Crippen molar-refractivity contribution in [3.8, 4) is 5.75 Å². The minimum absolute atomic E-state index is 0. The average Bonchev–Trinajstić information content (AvgIpc) is 2.28. The van der Waals surface area contributed by atoms with Gasteiger partial charge in [0.1, 0.15) is 5.75 Å². The third-order valence-electron chi connectivity index (χ3n) is 2.14. The second-order valence-corrected chi connectivity index (χ2v) is 3.34. The molecule has 2 heteroatoms. The van der Waals surface area contributed by atoms with Crippen LogP contribution in [0.4, 0.5) is 0 Å². The van der Waals surface area contributed by atoms with E-state index in [1.165, 1.54) is 0 Å². The molecule has 76 valence electrons. The third-order valence-corrected chi connectivity index (χ3v) is 2.14. The summed E-state index contributed by atoms with van der Waals surface area (Å²) in [6, 6.07) is 17.3. The number of hydrogen-bond donors (Lipinski definition) is 1. The van der Waals surface area contributed by atoms with Crippen LogP contribution in [0.3, 0.4) is 0 Å². The molecule has 0 radical (unpaired) electrons. The molecule has 0 unspecified atom stereocenters. The van der Waals surface area contributed by atoms with Crippen LogP contribution in [-0.4, -0.2) is 5.11 Å². The van der Waals surface area contributed by atoms with Crippen LogP contribution in [0, 0.1) is 0 Å². The van der Waals surface area contributed by atoms with Gasteiger partial charge < -0.3 is 6.53 Å². The van der Waals surface area contributed by atoms with Crippen molar-refractivity contribution in [3.05, 3.63) is 65.7 Å². The summed E-state index contributed by atoms with van der Waals surface area (Å²) in [4.78, 5) is 0. The van der Waals surface area contributed by atoms with E-state index in [1.807, 2.05) is 54.6 Å². The summed E-state index contributed by atoms with van der Waals surface area (Å²) < 4.78 is 0. The summed E-state index contributed by atoms with van der Waals surface area (Å²) in [5.74, 6) is 0.296. The van der Waals surface area contributed by atoms with E-state index < -0.39 is 0 Å². The van der Waals surface area contributed by atoms with Crippen LogP contribution in [0.2, 0.25) is 0 Å². The molecule has 2 aromatic rings. The van der Waals surface area contributed by atoms with E-state index >= 15 is 0 Å². The predicted octanol–water partition coefficient (Wildman–Crippen LogP) is 0.679. The van der Waals surface area contributed by atoms with E-state index in [4.69, 9.17) is 0 Å². The van der Waals surface area contributed by atoms with E-state index in [0.717, 1.165) is 11.1 Å². The van der Waals surface area contributed by atoms with E-state index in [0.29, 0.717) is 5.75 Å². The summed E-state index contributed by atoms with van der Waals surface area (Å²) in [5.41, 5.74) is 2.15. The number of benzene rings is 2. The number of aromatic hydroxyl groups is 1. The maximum atomic E-state index is 9.28. The standard InChI is InChI=1S/C14H12O.K.H/c15-14-8-4-7-13(11-14)10-9-12-5-2-1-3-6-12;;/h1-11,15H;;/q;+1;-1. The molecule has 1 nitrogen and oxygen atoms in total. The van der Waals surface area contributed by atoms with Crippen molar-refractivity contribution < 1.29 is 57.9 Å². The van der Waals surface area contributed by atoms with Gasteiger partial charge in [-0.2, -0.15) is 0 Å². The van der Waals surface area contributed by atoms with Gasteiger partial charge in [-0.15, -0.1) is 0 Å². The molecule has 0 aliphatic heterocycles. The molecule has 0 aliphatic rings. The number of hydrogen-bond acceptors (Lipinski definition) is 1. The van der Waals surface area contributed by atoms with Gasteiger partial charge in [-0.05, 0) is 23.3 Å². The Labute approximate surface area is 140 Å². The topological polar surface area (TPSA) is 20.2 Å². The fourth-order valence-electron chi connectivity index (χ4n) is 1.39. The normalized spacial score (nSPS) is 10.0. The fraction of sp³-hybridized carbons (Fsp3) is 0. The number of rotatable bonds is 2. The maximum absolute atomic E-state index is 9.28. The summed E-state index contributed by atoms with van der Waals surface area (Å²) in [7, 11) is 0. The minimum atomic E-state index is 0. The van der Waals surface area contributed by atoms with Crippen molar-refractivity contribution in [1.29, 1.82) is 0 Å². The van der Waals surface area contributed by atoms with E-state index in [-0.39, 0.29) is 52.8 Å². The van der Waals surface area contributed by atoms with Crippen LogP contribution in [0.5, 0.6) is 5.75 Å². The Kier molecular flexibility index (Phi) is 6.02. The molecule has 0 spiro atoms. The Morgan fingerprint density at radius 3 is 2.12 bits per heavy atom. The van der Waals surface area contributed by atoms with Crippen LogP contribution in [0.15, 0.2) is 54.6 Å². The third kappa shape index (κ3) is 4.24. The first-order chi connectivity index (χ1) is 7.34. The predicted molar refractivity (Wildman–Crippen MR) is 64.6 cm³/mol. The Hall–Kier alpha value is -0.384. The Morgan fingerprint density at radius 2 is 1.44 bits per heavy atom. The quantitative estimate of drug-likeness (QED) is 0.600. The Bertz CT molecular complexity index is 469. The van der Waals surface area contributed by atoms with Gasteiger partial charge in [0.05, 0.1) is 0 Å². The molecule has 2 rings (SSSR count). The van der Waals surface area contributed by atoms with Gasteiger partial charge in [0.25, 0.3) is 0 Å². The average molecular weight is 236 g/mol. The maximum Gasteiger partial charge on any atom is 1.00 e. The first-order valence-corrected chi connectivity index (χ1v) is 4.87. The molecule has 0 amide bonds. The van der Waals surface area contributed by atoms with E-state index in [1.54, 1.807) is 12.1 Å². The molecule has 0 heterocycles. The second-order valence-electron chi connectivity index (χ2n) is 3.34. The molecule has 0 bridgehead atoms. The van der Waals surface area contributed by atoms with Crippen LogP contribution in [-0.2, 0) is 0 Å². The fourth-order valence-corrected chi connectivity index (χ4v) is 1.39. The molecule has 0 saturated heterocycles. The van der Waals surface area contributed by atoms with E-state index in [2.05, 4.69) is 0 Å². The first-order valence-electron chi connectivity index (χ1n) is 4.87. The molecule has 2 aromatic carbocycles. The molecule has 16 heavy (non-hydrogen) atoms. The van der Waals surface area contributed by atoms with E-state index in [9.17, 15) is 5.11 Å². The smallest absolute Gasteiger partial charge is 1.00 e. The minimum Gasteiger partial charge on any atom is -1.00 e. The molecule has 0 atom stereocenters. The number of phenols is 1. The van der Waals surface area contributed by atoms with Crippen molar-refractivity contribution in [2.75, 3.05) is 0 Å². The van der Waals surface area contributed by atoms with Gasteiger partial charge in [0.15, 0.2) is 0 Å². The van der Waals surface area contributed by atoms with Crippen LogP contribution in [0.1, 0.15) is 12.6 Å². The summed E-state index contributed by atoms with van der Waals surface area (Å²) in [5, 5.41) is 9.28. The second kappa shape index (κ2) is 7.04. The first kappa shape index (κ1) is 13.7. The van der Waals surface area contributed by atoms with Gasteiger partial charge in [0.2, 0.25) is 0 Å². The zero-order valence-electron chi connectivity index (χ0n) is 10.3.